The van der Waals surface area contributed by atoms with Crippen molar-refractivity contribution in [2.45, 2.75) is 46.5 Å². The summed E-state index contributed by atoms with van der Waals surface area (Å²) in [5, 5.41) is 20.4. The summed E-state index contributed by atoms with van der Waals surface area (Å²) in [5.74, 6) is 2.94. The van der Waals surface area contributed by atoms with Gasteiger partial charge in [-0.1, -0.05) is 170 Å². The quantitative estimate of drug-likeness (QED) is 0.120. The van der Waals surface area contributed by atoms with E-state index in [1.54, 1.807) is 10.9 Å². The topological polar surface area (TPSA) is 114 Å². The normalized spacial score (nSPS) is 11.3. The van der Waals surface area contributed by atoms with Crippen LogP contribution >= 0.6 is 0 Å². The number of hydrogen-bond donors (Lipinski definition) is 0. The Morgan fingerprint density at radius 3 is 1.45 bits per heavy atom. The maximum absolute atomic E-state index is 6.46. The van der Waals surface area contributed by atoms with Crippen molar-refractivity contribution in [3.8, 4) is 23.0 Å². The molecule has 0 N–H and O–H groups in total. The number of rotatable bonds is 6. The molecule has 11 aromatic heterocycles. The molecule has 0 aliphatic rings. The van der Waals surface area contributed by atoms with Crippen LogP contribution in [0.15, 0.2) is 305 Å². The van der Waals surface area contributed by atoms with Crippen molar-refractivity contribution in [3.05, 3.63) is 352 Å². The molecule has 0 amide bonds. The van der Waals surface area contributed by atoms with Crippen molar-refractivity contribution in [1.82, 2.24) is 56.9 Å². The number of nitrogens with zero attached hydrogens (tertiary/aromatic N) is 12. The maximum Gasteiger partial charge on any atom is 2.00 e. The van der Waals surface area contributed by atoms with E-state index in [0.29, 0.717) is 23.3 Å². The van der Waals surface area contributed by atoms with E-state index in [9.17, 15) is 0 Å². The minimum Gasteiger partial charge on any atom is -0.503 e. The van der Waals surface area contributed by atoms with Crippen LogP contribution < -0.4 is 4.74 Å². The first-order chi connectivity index (χ1) is 52.2. The molecular formula is C93H67Ir2N12OPt-3. The van der Waals surface area contributed by atoms with E-state index in [1.807, 2.05) is 123 Å². The van der Waals surface area contributed by atoms with Gasteiger partial charge in [-0.3, -0.25) is 24.0 Å². The Morgan fingerprint density at radius 1 is 0.358 bits per heavy atom. The van der Waals surface area contributed by atoms with Gasteiger partial charge in [-0.2, -0.15) is 35.4 Å². The summed E-state index contributed by atoms with van der Waals surface area (Å²) in [6.45, 7) is 10.9. The van der Waals surface area contributed by atoms with Gasteiger partial charge in [0.2, 0.25) is 0 Å². The number of aromatic nitrogens is 12. The number of hydrogen-bond acceptors (Lipinski definition) is 7. The van der Waals surface area contributed by atoms with E-state index in [-0.39, 0.29) is 61.3 Å². The molecule has 0 aliphatic carbocycles. The minimum absolute atomic E-state index is 0. The SMILES string of the molecule is CC(C)c1ccnc(-n2c3[c-]c(Oc4[c-]c5c(cc4)c4ccccc4n4ccnc54)ccc3c3cc(C(C)C)ccc32)c1.Cc1cn2c3ccccc3c3ccc[c-]c3c2n1.[Ir].[Ir].[Pt+2].[c-]1cccc2c1c1nccn1c1ccccc21.[c-]1ccccc1-n1cccn1.c1ccc2c(c1)c1ccccc1n1ccnc21. The summed E-state index contributed by atoms with van der Waals surface area (Å²) in [7, 11) is 0. The number of aryl methyl sites for hydroxylation is 1. The number of para-hydroxylation sites is 5. The fourth-order valence-electron chi connectivity index (χ4n) is 14.7. The number of ether oxygens (including phenoxy) is 1. The van der Waals surface area contributed by atoms with E-state index in [0.717, 1.165) is 88.7 Å². The number of benzene rings is 11. The van der Waals surface area contributed by atoms with Crippen LogP contribution in [0.4, 0.5) is 0 Å². The third-order valence-electron chi connectivity index (χ3n) is 19.7. The molecule has 0 saturated heterocycles. The van der Waals surface area contributed by atoms with Crippen LogP contribution in [0.25, 0.3) is 143 Å². The van der Waals surface area contributed by atoms with Crippen LogP contribution in [0.3, 0.4) is 0 Å². The van der Waals surface area contributed by atoms with E-state index in [4.69, 9.17) is 9.72 Å². The van der Waals surface area contributed by atoms with Crippen molar-refractivity contribution in [2.75, 3.05) is 0 Å². The van der Waals surface area contributed by atoms with E-state index >= 15 is 0 Å². The van der Waals surface area contributed by atoms with Gasteiger partial charge in [0, 0.05) is 152 Å². The zero-order chi connectivity index (χ0) is 71.4. The molecule has 0 unspecified atom stereocenters. The van der Waals surface area contributed by atoms with Crippen LogP contribution in [-0.2, 0) is 61.3 Å². The number of imidazole rings is 4. The average molecular weight is 1950 g/mol. The Morgan fingerprint density at radius 2 is 0.853 bits per heavy atom. The fourth-order valence-corrected chi connectivity index (χ4v) is 14.7. The molecule has 16 heteroatoms. The van der Waals surface area contributed by atoms with E-state index in [1.165, 1.54) is 70.8 Å². The number of fused-ring (bicyclic) bond motifs is 27. The first kappa shape index (κ1) is 72.8. The van der Waals surface area contributed by atoms with Gasteiger partial charge < -0.3 is 22.5 Å². The third kappa shape index (κ3) is 13.5. The van der Waals surface area contributed by atoms with Gasteiger partial charge in [0.15, 0.2) is 0 Å². The summed E-state index contributed by atoms with van der Waals surface area (Å²) in [5.41, 5.74) is 15.1. The predicted molar refractivity (Wildman–Crippen MR) is 430 cm³/mol. The fraction of sp³-hybridized carbons (Fsp3) is 0.0753. The largest absolute Gasteiger partial charge is 2.00 e. The molecule has 22 aromatic rings. The van der Waals surface area contributed by atoms with Crippen molar-refractivity contribution in [3.63, 3.8) is 0 Å². The second-order valence-corrected chi connectivity index (χ2v) is 26.8. The molecule has 0 saturated carbocycles. The molecule has 109 heavy (non-hydrogen) atoms. The molecular weight excluding hydrogens is 1880 g/mol. The van der Waals surface area contributed by atoms with Crippen molar-refractivity contribution < 1.29 is 66.0 Å². The molecule has 0 aliphatic heterocycles. The predicted octanol–water partition coefficient (Wildman–Crippen LogP) is 22.3. The molecule has 0 bridgehead atoms. The Hall–Kier alpha value is -11.8. The Bertz CT molecular complexity index is 6700. The Labute approximate surface area is 669 Å². The zero-order valence-electron chi connectivity index (χ0n) is 59.8. The molecule has 0 atom stereocenters. The molecule has 11 aromatic carbocycles. The molecule has 0 fully saturated rings. The summed E-state index contributed by atoms with van der Waals surface area (Å²) in [6.07, 6.45) is 19.2. The Balaban J connectivity index is 0.000000119. The van der Waals surface area contributed by atoms with Crippen molar-refractivity contribution >= 4 is 131 Å². The van der Waals surface area contributed by atoms with Crippen LogP contribution in [-0.4, -0.2) is 56.9 Å². The van der Waals surface area contributed by atoms with Crippen LogP contribution in [0.5, 0.6) is 11.5 Å². The number of pyridine rings is 5. The van der Waals surface area contributed by atoms with Gasteiger partial charge >= 0.3 is 21.1 Å². The zero-order valence-corrected chi connectivity index (χ0v) is 66.8. The maximum atomic E-state index is 6.46. The van der Waals surface area contributed by atoms with Crippen LogP contribution in [0, 0.1) is 37.3 Å². The monoisotopic (exact) mass is 1950 g/mol. The van der Waals surface area contributed by atoms with Gasteiger partial charge in [0.05, 0.1) is 22.5 Å². The molecule has 2 radical (unpaired) electrons. The third-order valence-corrected chi connectivity index (χ3v) is 19.7. The minimum atomic E-state index is 0. The first-order valence-electron chi connectivity index (χ1n) is 35.5. The molecule has 11 heterocycles. The van der Waals surface area contributed by atoms with E-state index < -0.39 is 0 Å². The van der Waals surface area contributed by atoms with E-state index in [2.05, 4.69) is 287 Å². The second-order valence-electron chi connectivity index (χ2n) is 26.8. The van der Waals surface area contributed by atoms with Gasteiger partial charge in [0.25, 0.3) is 0 Å². The Kier molecular flexibility index (Phi) is 20.8. The smallest absolute Gasteiger partial charge is 0.503 e. The molecule has 13 nitrogen and oxygen atoms in total. The molecule has 22 rings (SSSR count). The van der Waals surface area contributed by atoms with Gasteiger partial charge in [-0.25, -0.2) is 9.97 Å². The van der Waals surface area contributed by atoms with Crippen LogP contribution in [0.2, 0.25) is 0 Å². The summed E-state index contributed by atoms with van der Waals surface area (Å²) in [4.78, 5) is 23.0. The van der Waals surface area contributed by atoms with Gasteiger partial charge in [-0.15, -0.1) is 95.0 Å². The van der Waals surface area contributed by atoms with Gasteiger partial charge in [-0.05, 0) is 111 Å². The standard InChI is InChI=1S/C38H30N4O.C16H11N2.C15H10N2.C15H9N2.C9H7N2.2Ir.Pt/c1-23(2)25-9-14-35-32(19-25)31-13-11-28(22-36(31)42(35)37-20-26(24(3)4)15-16-39-37)43-27-10-12-29-30-7-5-6-8-34(30)41-18-17-40-38(41)33(29)21-27;1-11-10-18-15-9-5-4-7-13(15)12-6-2-3-8-14(12)16(18)17-11;2*1-2-7-13-11(5-1)12-6-3-4-8-14(12)17-10-9-16-15(13)17;1-2-5-9(6-3-1)11-8-4-7-10-11;;;/h5-20,23-24H,1-4H3;2-7,9-10H,1H3;1-10H;1-6,8-10H;1-5,7-8H;;;/q-2;-1;;2*-1;;;+2. The van der Waals surface area contributed by atoms with Crippen molar-refractivity contribution in [1.29, 1.82) is 0 Å². The van der Waals surface area contributed by atoms with Gasteiger partial charge in [0.1, 0.15) is 11.5 Å². The summed E-state index contributed by atoms with van der Waals surface area (Å²) >= 11 is 0. The second kappa shape index (κ2) is 31.2. The van der Waals surface area contributed by atoms with Crippen LogP contribution in [0.1, 0.15) is 56.4 Å². The van der Waals surface area contributed by atoms with Crippen molar-refractivity contribution in [2.24, 2.45) is 0 Å². The summed E-state index contributed by atoms with van der Waals surface area (Å²) in [6, 6.07) is 99.9. The molecule has 0 spiro atoms. The molecule has 536 valence electrons. The average Bonchev–Trinajstić information content (AvgIpc) is 0.888. The first-order valence-corrected chi connectivity index (χ1v) is 35.5. The summed E-state index contributed by atoms with van der Waals surface area (Å²) < 4.78 is 19.0.